The number of hydrogen-bond donors (Lipinski definition) is 2. The first-order valence-electron chi connectivity index (χ1n) is 9.05. The van der Waals surface area contributed by atoms with Crippen LogP contribution in [-0.2, 0) is 11.2 Å². The van der Waals surface area contributed by atoms with Gasteiger partial charge in [0.2, 0.25) is 5.91 Å². The van der Waals surface area contributed by atoms with Crippen LogP contribution < -0.4 is 10.9 Å². The van der Waals surface area contributed by atoms with E-state index < -0.39 is 0 Å². The lowest BCUT2D eigenvalue weighted by atomic mass is 9.95. The molecule has 1 saturated carbocycles. The molecular weight excluding hydrogens is 286 g/mol. The number of hydrazine groups is 1. The third-order valence-corrected chi connectivity index (χ3v) is 6.11. The molecule has 2 fully saturated rings. The van der Waals surface area contributed by atoms with Crippen LogP contribution in [0.2, 0.25) is 0 Å². The minimum Gasteiger partial charge on any atom is -0.344 e. The fourth-order valence-corrected chi connectivity index (χ4v) is 4.77. The van der Waals surface area contributed by atoms with Gasteiger partial charge in [0.05, 0.1) is 0 Å². The fourth-order valence-electron chi connectivity index (χ4n) is 4.77. The van der Waals surface area contributed by atoms with Crippen molar-refractivity contribution in [1.29, 1.82) is 0 Å². The van der Waals surface area contributed by atoms with E-state index in [1.54, 1.807) is 0 Å². The molecule has 4 nitrogen and oxygen atoms in total. The smallest absolute Gasteiger partial charge is 0.222 e. The number of amides is 1. The highest BCUT2D eigenvalue weighted by atomic mass is 16.2. The Kier molecular flexibility index (Phi) is 4.12. The van der Waals surface area contributed by atoms with E-state index in [2.05, 4.69) is 35.1 Å². The van der Waals surface area contributed by atoms with Crippen molar-refractivity contribution in [2.75, 3.05) is 13.6 Å². The molecule has 23 heavy (non-hydrogen) atoms. The van der Waals surface area contributed by atoms with Gasteiger partial charge >= 0.3 is 0 Å². The van der Waals surface area contributed by atoms with Crippen LogP contribution in [-0.4, -0.2) is 36.5 Å². The van der Waals surface area contributed by atoms with Gasteiger partial charge in [-0.15, -0.1) is 0 Å². The summed E-state index contributed by atoms with van der Waals surface area (Å²) >= 11 is 0. The first-order chi connectivity index (χ1) is 11.2. The largest absolute Gasteiger partial charge is 0.344 e. The van der Waals surface area contributed by atoms with Gasteiger partial charge in [0.15, 0.2) is 0 Å². The molecule has 0 aromatic heterocycles. The van der Waals surface area contributed by atoms with Crippen molar-refractivity contribution in [3.8, 4) is 0 Å². The van der Waals surface area contributed by atoms with Gasteiger partial charge in [-0.1, -0.05) is 30.7 Å². The molecule has 0 bridgehead atoms. The monoisotopic (exact) mass is 313 g/mol. The van der Waals surface area contributed by atoms with E-state index in [1.807, 2.05) is 11.9 Å². The van der Waals surface area contributed by atoms with E-state index in [4.69, 9.17) is 0 Å². The Hall–Kier alpha value is -1.39. The first-order valence-corrected chi connectivity index (χ1v) is 9.05. The maximum absolute atomic E-state index is 12.7. The van der Waals surface area contributed by atoms with Crippen molar-refractivity contribution in [2.24, 2.45) is 5.92 Å². The van der Waals surface area contributed by atoms with E-state index in [0.29, 0.717) is 30.3 Å². The number of likely N-dealkylation sites (N-methyl/N-ethyl adjacent to an activating group) is 1. The molecule has 1 amide bonds. The molecule has 0 spiro atoms. The van der Waals surface area contributed by atoms with Gasteiger partial charge in [0, 0.05) is 32.1 Å². The standard InChI is InChI=1S/C19H27N3O/c1-22(12-18-16-7-4-8-17(16)20-21-18)19(23)11-14-10-9-13-5-2-3-6-15(13)14/h2-3,5-6,14,16-18,20-21H,4,7-12H2,1H3. The maximum Gasteiger partial charge on any atom is 0.222 e. The summed E-state index contributed by atoms with van der Waals surface area (Å²) in [4.78, 5) is 14.6. The number of fused-ring (bicyclic) bond motifs is 2. The van der Waals surface area contributed by atoms with Crippen LogP contribution in [0.5, 0.6) is 0 Å². The van der Waals surface area contributed by atoms with Gasteiger partial charge in [-0.3, -0.25) is 15.6 Å². The van der Waals surface area contributed by atoms with E-state index in [9.17, 15) is 4.79 Å². The highest BCUT2D eigenvalue weighted by molar-refractivity contribution is 5.77. The molecule has 1 aromatic rings. The molecule has 1 aliphatic heterocycles. The second-order valence-corrected chi connectivity index (χ2v) is 7.51. The van der Waals surface area contributed by atoms with Crippen molar-refractivity contribution in [3.05, 3.63) is 35.4 Å². The molecule has 4 atom stereocenters. The van der Waals surface area contributed by atoms with Crippen LogP contribution in [0.1, 0.15) is 49.1 Å². The number of rotatable bonds is 4. The zero-order chi connectivity index (χ0) is 15.8. The lowest BCUT2D eigenvalue weighted by Gasteiger charge is -2.25. The molecule has 1 aromatic carbocycles. The number of nitrogens with one attached hydrogen (secondary N) is 2. The van der Waals surface area contributed by atoms with Gasteiger partial charge in [-0.2, -0.15) is 0 Å². The van der Waals surface area contributed by atoms with Gasteiger partial charge < -0.3 is 4.90 Å². The second-order valence-electron chi connectivity index (χ2n) is 7.51. The Morgan fingerprint density at radius 2 is 2.09 bits per heavy atom. The molecule has 2 aliphatic carbocycles. The Bertz CT molecular complexity index is 588. The van der Waals surface area contributed by atoms with Crippen molar-refractivity contribution in [1.82, 2.24) is 15.8 Å². The normalized spacial score (nSPS) is 31.9. The molecule has 4 rings (SSSR count). The van der Waals surface area contributed by atoms with Gasteiger partial charge in [0.25, 0.3) is 0 Å². The summed E-state index contributed by atoms with van der Waals surface area (Å²) < 4.78 is 0. The number of aryl methyl sites for hydroxylation is 1. The summed E-state index contributed by atoms with van der Waals surface area (Å²) in [6.07, 6.45) is 6.76. The Morgan fingerprint density at radius 1 is 1.22 bits per heavy atom. The first kappa shape index (κ1) is 15.2. The number of hydrogen-bond acceptors (Lipinski definition) is 3. The molecule has 4 heteroatoms. The summed E-state index contributed by atoms with van der Waals surface area (Å²) in [6.45, 7) is 0.821. The molecular formula is C19H27N3O. The van der Waals surface area contributed by atoms with Crippen molar-refractivity contribution >= 4 is 5.91 Å². The minimum absolute atomic E-state index is 0.287. The van der Waals surface area contributed by atoms with E-state index in [-0.39, 0.29) is 5.91 Å². The highest BCUT2D eigenvalue weighted by Crippen LogP contribution is 2.36. The van der Waals surface area contributed by atoms with Crippen LogP contribution in [0, 0.1) is 5.92 Å². The topological polar surface area (TPSA) is 44.4 Å². The molecule has 1 heterocycles. The lowest BCUT2D eigenvalue weighted by Crippen LogP contribution is -2.43. The molecule has 4 unspecified atom stereocenters. The Morgan fingerprint density at radius 3 is 3.00 bits per heavy atom. The summed E-state index contributed by atoms with van der Waals surface area (Å²) in [5, 5.41) is 0. The zero-order valence-electron chi connectivity index (χ0n) is 13.9. The van der Waals surface area contributed by atoms with Crippen LogP contribution >= 0.6 is 0 Å². The number of carbonyl (C=O) groups excluding carboxylic acids is 1. The van der Waals surface area contributed by atoms with Gasteiger partial charge in [0.1, 0.15) is 0 Å². The van der Waals surface area contributed by atoms with Crippen molar-refractivity contribution in [3.63, 3.8) is 0 Å². The minimum atomic E-state index is 0.287. The van der Waals surface area contributed by atoms with E-state index in [1.165, 1.54) is 30.4 Å². The SMILES string of the molecule is CN(CC1NNC2CCCC21)C(=O)CC1CCc2ccccc21. The lowest BCUT2D eigenvalue weighted by molar-refractivity contribution is -0.130. The maximum atomic E-state index is 12.7. The fraction of sp³-hybridized carbons (Fsp3) is 0.632. The van der Waals surface area contributed by atoms with Crippen LogP contribution in [0.25, 0.3) is 0 Å². The third-order valence-electron chi connectivity index (χ3n) is 6.11. The molecule has 1 saturated heterocycles. The van der Waals surface area contributed by atoms with Crippen LogP contribution in [0.3, 0.4) is 0 Å². The quantitative estimate of drug-likeness (QED) is 0.896. The summed E-state index contributed by atoms with van der Waals surface area (Å²) in [6, 6.07) is 9.63. The average Bonchev–Trinajstić information content (AvgIpc) is 3.25. The molecule has 0 radical (unpaired) electrons. The number of carbonyl (C=O) groups is 1. The van der Waals surface area contributed by atoms with Crippen molar-refractivity contribution in [2.45, 2.75) is 56.5 Å². The number of benzene rings is 1. The third kappa shape index (κ3) is 2.90. The predicted octanol–water partition coefficient (Wildman–Crippen LogP) is 2.21. The predicted molar refractivity (Wildman–Crippen MR) is 90.9 cm³/mol. The molecule has 2 N–H and O–H groups in total. The zero-order valence-corrected chi connectivity index (χ0v) is 13.9. The van der Waals surface area contributed by atoms with Gasteiger partial charge in [-0.05, 0) is 48.6 Å². The summed E-state index contributed by atoms with van der Waals surface area (Å²) in [5.41, 5.74) is 9.65. The van der Waals surface area contributed by atoms with E-state index in [0.717, 1.165) is 19.4 Å². The second kappa shape index (κ2) is 6.25. The molecule has 124 valence electrons. The Labute approximate surface area is 138 Å². The number of nitrogens with zero attached hydrogens (tertiary/aromatic N) is 1. The Balaban J connectivity index is 1.34. The van der Waals surface area contributed by atoms with Crippen molar-refractivity contribution < 1.29 is 4.79 Å². The van der Waals surface area contributed by atoms with E-state index >= 15 is 0 Å². The van der Waals surface area contributed by atoms with Gasteiger partial charge in [-0.25, -0.2) is 0 Å². The summed E-state index contributed by atoms with van der Waals surface area (Å²) in [7, 11) is 1.97. The average molecular weight is 313 g/mol. The summed E-state index contributed by atoms with van der Waals surface area (Å²) in [5.74, 6) is 1.39. The van der Waals surface area contributed by atoms with Crippen LogP contribution in [0.15, 0.2) is 24.3 Å². The van der Waals surface area contributed by atoms with Crippen LogP contribution in [0.4, 0.5) is 0 Å². The highest BCUT2D eigenvalue weighted by Gasteiger charge is 2.39. The molecule has 3 aliphatic rings.